The van der Waals surface area contributed by atoms with E-state index >= 15 is 0 Å². The third-order valence-corrected chi connectivity index (χ3v) is 6.62. The average molecular weight is 510 g/mol. The van der Waals surface area contributed by atoms with Crippen LogP contribution in [0.3, 0.4) is 0 Å². The Morgan fingerprint density at radius 2 is 1.74 bits per heavy atom. The van der Waals surface area contributed by atoms with Crippen LogP contribution >= 0.6 is 0 Å². The molecule has 1 aliphatic heterocycles. The van der Waals surface area contributed by atoms with E-state index in [-0.39, 0.29) is 18.2 Å². The molecule has 1 N–H and O–H groups in total. The maximum atomic E-state index is 13.7. The van der Waals surface area contributed by atoms with Gasteiger partial charge < -0.3 is 14.8 Å². The molecule has 0 aliphatic carbocycles. The number of aryl methyl sites for hydroxylation is 2. The SMILES string of the molecule is COc1ccc(C2Nc3ccccc3C(=O)N2c2ccc(C)cc2)cc1COc1ccc([N+](=O)[O-])c(C)c1. The average Bonchev–Trinajstić information content (AvgIpc) is 2.92. The highest BCUT2D eigenvalue weighted by molar-refractivity contribution is 6.12. The van der Waals surface area contributed by atoms with Crippen molar-refractivity contribution in [2.24, 2.45) is 0 Å². The summed E-state index contributed by atoms with van der Waals surface area (Å²) < 4.78 is 11.6. The van der Waals surface area contributed by atoms with E-state index in [1.165, 1.54) is 6.07 Å². The van der Waals surface area contributed by atoms with E-state index in [2.05, 4.69) is 5.32 Å². The zero-order valence-corrected chi connectivity index (χ0v) is 21.3. The van der Waals surface area contributed by atoms with Gasteiger partial charge in [-0.25, -0.2) is 0 Å². The number of fused-ring (bicyclic) bond motifs is 1. The number of ether oxygens (including phenoxy) is 2. The first kappa shape index (κ1) is 24.8. The number of carbonyl (C=O) groups excluding carboxylic acids is 1. The fraction of sp³-hybridized carbons (Fsp3) is 0.167. The molecule has 4 aromatic rings. The Morgan fingerprint density at radius 1 is 0.974 bits per heavy atom. The summed E-state index contributed by atoms with van der Waals surface area (Å²) in [5, 5.41) is 14.7. The monoisotopic (exact) mass is 509 g/mol. The third-order valence-electron chi connectivity index (χ3n) is 6.62. The first-order valence-electron chi connectivity index (χ1n) is 12.2. The number of nitro groups is 1. The summed E-state index contributed by atoms with van der Waals surface area (Å²) in [7, 11) is 1.59. The van der Waals surface area contributed by atoms with E-state index < -0.39 is 11.1 Å². The Balaban J connectivity index is 1.50. The normalized spacial score (nSPS) is 14.4. The predicted molar refractivity (Wildman–Crippen MR) is 146 cm³/mol. The lowest BCUT2D eigenvalue weighted by molar-refractivity contribution is -0.385. The summed E-state index contributed by atoms with van der Waals surface area (Å²) in [6, 6.07) is 25.7. The lowest BCUT2D eigenvalue weighted by Gasteiger charge is -2.38. The Morgan fingerprint density at radius 3 is 2.45 bits per heavy atom. The minimum Gasteiger partial charge on any atom is -0.496 e. The first-order chi connectivity index (χ1) is 18.4. The number of rotatable bonds is 7. The van der Waals surface area contributed by atoms with Gasteiger partial charge in [-0.05, 0) is 67.9 Å². The van der Waals surface area contributed by atoms with E-state index in [0.29, 0.717) is 22.6 Å². The number of benzene rings is 4. The summed E-state index contributed by atoms with van der Waals surface area (Å²) in [4.78, 5) is 26.2. The lowest BCUT2D eigenvalue weighted by atomic mass is 10.0. The highest BCUT2D eigenvalue weighted by atomic mass is 16.6. The summed E-state index contributed by atoms with van der Waals surface area (Å²) in [5.74, 6) is 1.06. The van der Waals surface area contributed by atoms with Crippen molar-refractivity contribution >= 4 is 23.0 Å². The van der Waals surface area contributed by atoms with Gasteiger partial charge in [0.25, 0.3) is 11.6 Å². The standard InChI is InChI=1S/C30H27N3O5/c1-19-8-11-23(12-9-19)32-29(31-26-7-5-4-6-25(26)30(32)34)21-10-15-28(37-3)22(17-21)18-38-24-13-14-27(33(35)36)20(2)16-24/h4-17,29,31H,18H2,1-3H3. The molecule has 0 aromatic heterocycles. The highest BCUT2D eigenvalue weighted by Gasteiger charge is 2.34. The smallest absolute Gasteiger partial charge is 0.272 e. The van der Waals surface area contributed by atoms with E-state index in [1.54, 1.807) is 31.1 Å². The van der Waals surface area contributed by atoms with Gasteiger partial charge in [-0.3, -0.25) is 19.8 Å². The molecule has 0 spiro atoms. The minimum atomic E-state index is -0.466. The van der Waals surface area contributed by atoms with Gasteiger partial charge >= 0.3 is 0 Å². The van der Waals surface area contributed by atoms with Crippen LogP contribution in [0.4, 0.5) is 17.1 Å². The number of hydrogen-bond acceptors (Lipinski definition) is 6. The molecule has 0 saturated heterocycles. The van der Waals surface area contributed by atoms with Gasteiger partial charge in [0, 0.05) is 28.6 Å². The van der Waals surface area contributed by atoms with Crippen molar-refractivity contribution < 1.29 is 19.2 Å². The molecule has 38 heavy (non-hydrogen) atoms. The van der Waals surface area contributed by atoms with Crippen LogP contribution in [0.2, 0.25) is 0 Å². The van der Waals surface area contributed by atoms with Crippen molar-refractivity contribution in [1.82, 2.24) is 0 Å². The Hall–Kier alpha value is -4.85. The molecule has 4 aromatic carbocycles. The van der Waals surface area contributed by atoms with Crippen molar-refractivity contribution in [1.29, 1.82) is 0 Å². The van der Waals surface area contributed by atoms with Crippen LogP contribution in [0.5, 0.6) is 11.5 Å². The second-order valence-corrected chi connectivity index (χ2v) is 9.17. The van der Waals surface area contributed by atoms with Crippen LogP contribution in [0.1, 0.15) is 38.8 Å². The third kappa shape index (κ3) is 4.76. The van der Waals surface area contributed by atoms with Gasteiger partial charge in [0.15, 0.2) is 0 Å². The minimum absolute atomic E-state index is 0.0430. The molecule has 0 saturated carbocycles. The molecule has 1 amide bonds. The molecule has 1 aliphatic rings. The molecule has 0 fully saturated rings. The molecule has 5 rings (SSSR count). The van der Waals surface area contributed by atoms with Crippen LogP contribution < -0.4 is 19.7 Å². The quantitative estimate of drug-likeness (QED) is 0.224. The molecule has 192 valence electrons. The molecule has 0 radical (unpaired) electrons. The summed E-state index contributed by atoms with van der Waals surface area (Å²) in [6.45, 7) is 3.86. The number of nitro benzene ring substituents is 1. The van der Waals surface area contributed by atoms with E-state index in [9.17, 15) is 14.9 Å². The number of para-hydroxylation sites is 1. The Bertz CT molecular complexity index is 1520. The second-order valence-electron chi connectivity index (χ2n) is 9.17. The van der Waals surface area contributed by atoms with Crippen molar-refractivity contribution in [2.45, 2.75) is 26.6 Å². The van der Waals surface area contributed by atoms with E-state index in [4.69, 9.17) is 9.47 Å². The number of methoxy groups -OCH3 is 1. The maximum Gasteiger partial charge on any atom is 0.272 e. The molecule has 1 atom stereocenters. The number of nitrogens with zero attached hydrogens (tertiary/aromatic N) is 2. The molecule has 1 unspecified atom stereocenters. The number of nitrogens with one attached hydrogen (secondary N) is 1. The zero-order chi connectivity index (χ0) is 26.8. The highest BCUT2D eigenvalue weighted by Crippen LogP contribution is 2.38. The van der Waals surface area contributed by atoms with Gasteiger partial charge in [-0.1, -0.05) is 35.9 Å². The number of carbonyl (C=O) groups is 1. The largest absolute Gasteiger partial charge is 0.496 e. The molecular weight excluding hydrogens is 482 g/mol. The summed E-state index contributed by atoms with van der Waals surface area (Å²) in [6.07, 6.45) is -0.466. The van der Waals surface area contributed by atoms with Crippen LogP contribution in [0.25, 0.3) is 0 Å². The van der Waals surface area contributed by atoms with Gasteiger partial charge in [0.05, 0.1) is 17.6 Å². The van der Waals surface area contributed by atoms with Crippen LogP contribution in [-0.2, 0) is 6.61 Å². The topological polar surface area (TPSA) is 93.9 Å². The fourth-order valence-corrected chi connectivity index (χ4v) is 4.62. The number of amides is 1. The van der Waals surface area contributed by atoms with Gasteiger partial charge in [0.2, 0.25) is 0 Å². The van der Waals surface area contributed by atoms with Crippen molar-refractivity contribution in [3.8, 4) is 11.5 Å². The predicted octanol–water partition coefficient (Wildman–Crippen LogP) is 6.57. The fourth-order valence-electron chi connectivity index (χ4n) is 4.62. The van der Waals surface area contributed by atoms with E-state index in [1.807, 2.05) is 73.7 Å². The van der Waals surface area contributed by atoms with Gasteiger partial charge in [0.1, 0.15) is 24.3 Å². The van der Waals surface area contributed by atoms with Crippen molar-refractivity contribution in [3.63, 3.8) is 0 Å². The molecule has 8 nitrogen and oxygen atoms in total. The maximum absolute atomic E-state index is 13.7. The Kier molecular flexibility index (Phi) is 6.70. The second kappa shape index (κ2) is 10.3. The van der Waals surface area contributed by atoms with Gasteiger partial charge in [-0.2, -0.15) is 0 Å². The van der Waals surface area contributed by atoms with E-state index in [0.717, 1.165) is 28.1 Å². The first-order valence-corrected chi connectivity index (χ1v) is 12.2. The van der Waals surface area contributed by atoms with Crippen LogP contribution in [0, 0.1) is 24.0 Å². The molecule has 0 bridgehead atoms. The molecule has 1 heterocycles. The molecular formula is C30H27N3O5. The number of anilines is 2. The number of hydrogen-bond donors (Lipinski definition) is 1. The van der Waals surface area contributed by atoms with Crippen LogP contribution in [-0.4, -0.2) is 17.9 Å². The lowest BCUT2D eigenvalue weighted by Crippen LogP contribution is -2.43. The van der Waals surface area contributed by atoms with Gasteiger partial charge in [-0.15, -0.1) is 0 Å². The zero-order valence-electron chi connectivity index (χ0n) is 21.3. The van der Waals surface area contributed by atoms with Crippen molar-refractivity contribution in [3.05, 3.63) is 123 Å². The van der Waals surface area contributed by atoms with Crippen LogP contribution in [0.15, 0.2) is 84.9 Å². The molecule has 8 heteroatoms. The summed E-state index contributed by atoms with van der Waals surface area (Å²) >= 11 is 0. The van der Waals surface area contributed by atoms with Crippen molar-refractivity contribution in [2.75, 3.05) is 17.3 Å². The Labute approximate surface area is 220 Å². The summed E-state index contributed by atoms with van der Waals surface area (Å²) in [5.41, 5.74) is 5.45.